The number of thiophene rings is 1. The van der Waals surface area contributed by atoms with Gasteiger partial charge in [-0.3, -0.25) is 14.4 Å². The van der Waals surface area contributed by atoms with E-state index in [1.165, 1.54) is 11.3 Å². The smallest absolute Gasteiger partial charge is 0.267 e. The number of carbonyl (C=O) groups is 3. The monoisotopic (exact) mass is 495 g/mol. The van der Waals surface area contributed by atoms with Crippen molar-refractivity contribution in [3.63, 3.8) is 0 Å². The SMILES string of the molecule is O=C(COc1cc(-c2ccccc2)sc1C(=O)N1CCC(N2CCCC2=O)CC1)N1CCCCC1. The Morgan fingerprint density at radius 2 is 1.66 bits per heavy atom. The number of benzene rings is 1. The first kappa shape index (κ1) is 23.9. The molecule has 0 radical (unpaired) electrons. The molecule has 0 unspecified atom stereocenters. The van der Waals surface area contributed by atoms with E-state index in [-0.39, 0.29) is 30.4 Å². The molecular weight excluding hydrogens is 462 g/mol. The summed E-state index contributed by atoms with van der Waals surface area (Å²) in [5, 5.41) is 0. The highest BCUT2D eigenvalue weighted by Crippen LogP contribution is 2.38. The third kappa shape index (κ3) is 5.37. The summed E-state index contributed by atoms with van der Waals surface area (Å²) in [6.45, 7) is 3.59. The fraction of sp³-hybridized carbons (Fsp3) is 0.519. The van der Waals surface area contributed by atoms with Crippen molar-refractivity contribution in [3.8, 4) is 16.2 Å². The molecule has 1 aromatic heterocycles. The summed E-state index contributed by atoms with van der Waals surface area (Å²) in [5.41, 5.74) is 1.02. The Hall–Kier alpha value is -2.87. The van der Waals surface area contributed by atoms with Gasteiger partial charge in [-0.1, -0.05) is 30.3 Å². The van der Waals surface area contributed by atoms with Gasteiger partial charge in [0, 0.05) is 50.1 Å². The topological polar surface area (TPSA) is 70.2 Å². The number of piperidine rings is 2. The van der Waals surface area contributed by atoms with Crippen molar-refractivity contribution in [1.82, 2.24) is 14.7 Å². The van der Waals surface area contributed by atoms with Crippen LogP contribution >= 0.6 is 11.3 Å². The molecule has 2 aromatic rings. The minimum atomic E-state index is -0.0520. The van der Waals surface area contributed by atoms with Gasteiger partial charge in [-0.15, -0.1) is 11.3 Å². The van der Waals surface area contributed by atoms with Crippen molar-refractivity contribution in [2.24, 2.45) is 0 Å². The lowest BCUT2D eigenvalue weighted by molar-refractivity contribution is -0.134. The second kappa shape index (κ2) is 10.8. The van der Waals surface area contributed by atoms with E-state index >= 15 is 0 Å². The molecule has 1 aromatic carbocycles. The third-order valence-electron chi connectivity index (χ3n) is 7.31. The predicted octanol–water partition coefficient (Wildman–Crippen LogP) is 4.03. The second-order valence-electron chi connectivity index (χ2n) is 9.61. The number of amides is 3. The Balaban J connectivity index is 1.30. The lowest BCUT2D eigenvalue weighted by Crippen LogP contribution is -2.47. The Morgan fingerprint density at radius 1 is 0.914 bits per heavy atom. The van der Waals surface area contributed by atoms with Crippen molar-refractivity contribution in [2.45, 2.75) is 51.0 Å². The van der Waals surface area contributed by atoms with Crippen LogP contribution in [0.1, 0.15) is 54.6 Å². The molecule has 3 fully saturated rings. The Bertz CT molecular complexity index is 1060. The zero-order valence-electron chi connectivity index (χ0n) is 20.1. The van der Waals surface area contributed by atoms with Gasteiger partial charge in [-0.2, -0.15) is 0 Å². The number of nitrogens with zero attached hydrogens (tertiary/aromatic N) is 3. The average Bonchev–Trinajstić information content (AvgIpc) is 3.54. The van der Waals surface area contributed by atoms with Crippen molar-refractivity contribution in [1.29, 1.82) is 0 Å². The first-order valence-corrected chi connectivity index (χ1v) is 13.6. The van der Waals surface area contributed by atoms with E-state index in [4.69, 9.17) is 4.74 Å². The van der Waals surface area contributed by atoms with Gasteiger partial charge in [0.2, 0.25) is 5.91 Å². The molecule has 0 atom stereocenters. The van der Waals surface area contributed by atoms with E-state index in [9.17, 15) is 14.4 Å². The van der Waals surface area contributed by atoms with Gasteiger partial charge in [0.25, 0.3) is 11.8 Å². The second-order valence-corrected chi connectivity index (χ2v) is 10.7. The van der Waals surface area contributed by atoms with Gasteiger partial charge in [-0.05, 0) is 50.2 Å². The Kier molecular flexibility index (Phi) is 7.37. The van der Waals surface area contributed by atoms with Crippen molar-refractivity contribution < 1.29 is 19.1 Å². The quantitative estimate of drug-likeness (QED) is 0.607. The zero-order valence-corrected chi connectivity index (χ0v) is 20.9. The van der Waals surface area contributed by atoms with Crippen LogP contribution in [0.25, 0.3) is 10.4 Å². The van der Waals surface area contributed by atoms with Crippen LogP contribution in [0.4, 0.5) is 0 Å². The van der Waals surface area contributed by atoms with Gasteiger partial charge in [-0.25, -0.2) is 0 Å². The molecule has 0 bridgehead atoms. The standard InChI is InChI=1S/C27H33N3O4S/c31-24-10-7-15-30(24)21-11-16-29(17-12-21)27(33)26-22(18-23(35-26)20-8-3-1-4-9-20)34-19-25(32)28-13-5-2-6-14-28/h1,3-4,8-9,18,21H,2,5-7,10-17,19H2. The molecule has 5 rings (SSSR count). The van der Waals surface area contributed by atoms with Crippen molar-refractivity contribution in [3.05, 3.63) is 41.3 Å². The van der Waals surface area contributed by atoms with Crippen LogP contribution in [0.15, 0.2) is 36.4 Å². The summed E-state index contributed by atoms with van der Waals surface area (Å²) in [7, 11) is 0. The third-order valence-corrected chi connectivity index (χ3v) is 8.47. The van der Waals surface area contributed by atoms with Crippen molar-refractivity contribution >= 4 is 29.1 Å². The molecule has 3 aliphatic rings. The van der Waals surface area contributed by atoms with Gasteiger partial charge in [0.15, 0.2) is 6.61 Å². The maximum atomic E-state index is 13.6. The Labute approximate surface area is 210 Å². The lowest BCUT2D eigenvalue weighted by Gasteiger charge is -2.36. The molecule has 35 heavy (non-hydrogen) atoms. The zero-order chi connectivity index (χ0) is 24.2. The van der Waals surface area contributed by atoms with E-state index in [0.29, 0.717) is 30.1 Å². The average molecular weight is 496 g/mol. The molecule has 4 heterocycles. The van der Waals surface area contributed by atoms with E-state index in [2.05, 4.69) is 0 Å². The number of hydrogen-bond acceptors (Lipinski definition) is 5. The van der Waals surface area contributed by atoms with E-state index in [1.807, 2.05) is 51.1 Å². The highest BCUT2D eigenvalue weighted by Gasteiger charge is 2.33. The van der Waals surface area contributed by atoms with E-state index < -0.39 is 0 Å². The minimum absolute atomic E-state index is 0.0216. The fourth-order valence-electron chi connectivity index (χ4n) is 5.33. The van der Waals surface area contributed by atoms with Gasteiger partial charge in [0.05, 0.1) is 0 Å². The van der Waals surface area contributed by atoms with Crippen LogP contribution in [-0.2, 0) is 9.59 Å². The number of likely N-dealkylation sites (tertiary alicyclic amines) is 3. The highest BCUT2D eigenvalue weighted by molar-refractivity contribution is 7.17. The Morgan fingerprint density at radius 3 is 2.34 bits per heavy atom. The highest BCUT2D eigenvalue weighted by atomic mass is 32.1. The summed E-state index contributed by atoms with van der Waals surface area (Å²) in [6, 6.07) is 12.1. The normalized spacial score (nSPS) is 19.3. The fourth-order valence-corrected chi connectivity index (χ4v) is 6.40. The molecule has 7 nitrogen and oxygen atoms in total. The maximum absolute atomic E-state index is 13.6. The number of carbonyl (C=O) groups excluding carboxylic acids is 3. The van der Waals surface area contributed by atoms with Gasteiger partial charge < -0.3 is 19.4 Å². The molecular formula is C27H33N3O4S. The van der Waals surface area contributed by atoms with E-state index in [1.54, 1.807) is 0 Å². The van der Waals surface area contributed by atoms with Crippen molar-refractivity contribution in [2.75, 3.05) is 39.3 Å². The maximum Gasteiger partial charge on any atom is 0.267 e. The van der Waals surface area contributed by atoms with E-state index in [0.717, 1.165) is 68.6 Å². The predicted molar refractivity (Wildman–Crippen MR) is 136 cm³/mol. The van der Waals surface area contributed by atoms with Crippen LogP contribution in [0.5, 0.6) is 5.75 Å². The molecule has 3 saturated heterocycles. The summed E-state index contributed by atoms with van der Waals surface area (Å²) in [5.74, 6) is 0.658. The van der Waals surface area contributed by atoms with Crippen LogP contribution in [0.3, 0.4) is 0 Å². The molecule has 0 saturated carbocycles. The number of rotatable bonds is 6. The van der Waals surface area contributed by atoms with Crippen LogP contribution in [0, 0.1) is 0 Å². The number of hydrogen-bond donors (Lipinski definition) is 0. The van der Waals surface area contributed by atoms with Gasteiger partial charge in [0.1, 0.15) is 10.6 Å². The first-order chi connectivity index (χ1) is 17.1. The molecule has 0 spiro atoms. The number of ether oxygens (including phenoxy) is 1. The molecule has 8 heteroatoms. The summed E-state index contributed by atoms with van der Waals surface area (Å²) >= 11 is 1.42. The largest absolute Gasteiger partial charge is 0.482 e. The van der Waals surface area contributed by atoms with Crippen LogP contribution in [-0.4, -0.2) is 77.8 Å². The minimum Gasteiger partial charge on any atom is -0.482 e. The molecule has 186 valence electrons. The molecule has 0 N–H and O–H groups in total. The molecule has 0 aliphatic carbocycles. The van der Waals surface area contributed by atoms with Gasteiger partial charge >= 0.3 is 0 Å². The first-order valence-electron chi connectivity index (χ1n) is 12.8. The molecule has 3 amide bonds. The summed E-state index contributed by atoms with van der Waals surface area (Å²) in [6.07, 6.45) is 6.42. The lowest BCUT2D eigenvalue weighted by atomic mass is 10.0. The van der Waals surface area contributed by atoms with Crippen LogP contribution in [0.2, 0.25) is 0 Å². The summed E-state index contributed by atoms with van der Waals surface area (Å²) in [4.78, 5) is 45.6. The summed E-state index contributed by atoms with van der Waals surface area (Å²) < 4.78 is 6.00. The van der Waals surface area contributed by atoms with Crippen LogP contribution < -0.4 is 4.74 Å². The molecule has 3 aliphatic heterocycles.